The van der Waals surface area contributed by atoms with Crippen molar-refractivity contribution in [1.82, 2.24) is 0 Å². The van der Waals surface area contributed by atoms with Crippen LogP contribution in [0.1, 0.15) is 79.1 Å². The van der Waals surface area contributed by atoms with Gasteiger partial charge in [-0.1, -0.05) is 53.4 Å². The smallest absolute Gasteiger partial charge is 0.115 e. The Morgan fingerprint density at radius 2 is 0.778 bits per heavy atom. The van der Waals surface area contributed by atoms with Crippen molar-refractivity contribution in [3.05, 3.63) is 0 Å². The van der Waals surface area contributed by atoms with Crippen LogP contribution < -0.4 is 0 Å². The summed E-state index contributed by atoms with van der Waals surface area (Å²) in [6, 6.07) is 0. The minimum absolute atomic E-state index is 0.0288. The topological polar surface area (TPSA) is 59.4 Å². The Kier molecular flexibility index (Phi) is 6.44. The van der Waals surface area contributed by atoms with Gasteiger partial charge in [-0.15, -0.1) is 0 Å². The maximum absolute atomic E-state index is 6.75. The summed E-state index contributed by atoms with van der Waals surface area (Å²) >= 11 is 0. The van der Waals surface area contributed by atoms with E-state index in [1.165, 1.54) is 0 Å². The molecule has 5 nitrogen and oxygen atoms in total. The molecule has 4 saturated heterocycles. The van der Waals surface area contributed by atoms with Crippen LogP contribution in [0, 0.1) is 0 Å². The van der Waals surface area contributed by atoms with Crippen LogP contribution in [0.4, 0.5) is 0 Å². The zero-order chi connectivity index (χ0) is 19.0. The molecular formula is C22H38O5. The quantitative estimate of drug-likeness (QED) is 0.425. The Morgan fingerprint density at radius 3 is 1.00 bits per heavy atom. The Morgan fingerprint density at radius 1 is 0.519 bits per heavy atom. The molecule has 5 heteroatoms. The highest BCUT2D eigenvalue weighted by Gasteiger charge is 2.61. The lowest BCUT2D eigenvalue weighted by Gasteiger charge is -2.21. The maximum Gasteiger partial charge on any atom is 0.115 e. The first kappa shape index (κ1) is 20.1. The molecule has 4 heterocycles. The van der Waals surface area contributed by atoms with Crippen LogP contribution >= 0.6 is 0 Å². The van der Waals surface area contributed by atoms with Gasteiger partial charge < -0.3 is 23.7 Å². The summed E-state index contributed by atoms with van der Waals surface area (Å²) in [7, 11) is 0. The highest BCUT2D eigenvalue weighted by atomic mass is 16.7. The minimum atomic E-state index is 0.0288. The molecule has 8 atom stereocenters. The van der Waals surface area contributed by atoms with Gasteiger partial charge in [0.25, 0.3) is 0 Å². The maximum atomic E-state index is 6.75. The fourth-order valence-corrected chi connectivity index (χ4v) is 4.71. The van der Waals surface area contributed by atoms with Crippen molar-refractivity contribution in [2.45, 2.75) is 140 Å². The summed E-state index contributed by atoms with van der Waals surface area (Å²) in [6.45, 7) is 8.86. The third kappa shape index (κ3) is 4.69. The van der Waals surface area contributed by atoms with E-state index < -0.39 is 0 Å². The molecule has 8 unspecified atom stereocenters. The third-order valence-electron chi connectivity index (χ3n) is 6.39. The van der Waals surface area contributed by atoms with Crippen molar-refractivity contribution in [1.29, 1.82) is 0 Å². The van der Waals surface area contributed by atoms with Gasteiger partial charge in [0.15, 0.2) is 0 Å². The third-order valence-corrected chi connectivity index (χ3v) is 6.39. The van der Waals surface area contributed by atoms with Crippen molar-refractivity contribution in [3.8, 4) is 0 Å². The molecule has 0 spiro atoms. The van der Waals surface area contributed by atoms with E-state index in [4.69, 9.17) is 23.7 Å². The highest BCUT2D eigenvalue weighted by Crippen LogP contribution is 2.46. The number of epoxide rings is 4. The van der Waals surface area contributed by atoms with E-state index in [9.17, 15) is 0 Å². The molecule has 4 aliphatic rings. The standard InChI is InChI=1S/C22H38O5/c1-5-9-13-17(23-13)21(18-14(24-18)10-6-2)27-22(19-15(25-19)11-7-3)20-16(26-20)12-8-4/h13-22H,5-12H2,1-4H3. The number of ether oxygens (including phenoxy) is 5. The normalized spacial score (nSPS) is 44.0. The predicted octanol–water partition coefficient (Wildman–Crippen LogP) is 4.01. The predicted molar refractivity (Wildman–Crippen MR) is 103 cm³/mol. The van der Waals surface area contributed by atoms with Crippen molar-refractivity contribution in [2.24, 2.45) is 0 Å². The first-order chi connectivity index (χ1) is 13.2. The van der Waals surface area contributed by atoms with Crippen LogP contribution in [0.3, 0.4) is 0 Å². The second-order valence-corrected chi connectivity index (χ2v) is 8.78. The number of hydrogen-bond donors (Lipinski definition) is 0. The van der Waals surface area contributed by atoms with Gasteiger partial charge in [-0.3, -0.25) is 0 Å². The monoisotopic (exact) mass is 382 g/mol. The van der Waals surface area contributed by atoms with E-state index in [1.807, 2.05) is 0 Å². The van der Waals surface area contributed by atoms with Gasteiger partial charge >= 0.3 is 0 Å². The molecule has 0 N–H and O–H groups in total. The van der Waals surface area contributed by atoms with Crippen molar-refractivity contribution < 1.29 is 23.7 Å². The lowest BCUT2D eigenvalue weighted by molar-refractivity contribution is -0.0605. The van der Waals surface area contributed by atoms with Crippen LogP contribution in [-0.4, -0.2) is 61.0 Å². The first-order valence-electron chi connectivity index (χ1n) is 11.5. The van der Waals surface area contributed by atoms with E-state index in [0.29, 0.717) is 24.4 Å². The highest BCUT2D eigenvalue weighted by molar-refractivity contribution is 5.07. The summed E-state index contributed by atoms with van der Waals surface area (Å²) in [6.07, 6.45) is 11.2. The molecule has 4 fully saturated rings. The Bertz CT molecular complexity index is 403. The molecule has 0 amide bonds. The van der Waals surface area contributed by atoms with Crippen molar-refractivity contribution in [3.63, 3.8) is 0 Å². The summed E-state index contributed by atoms with van der Waals surface area (Å²) < 4.78 is 30.8. The van der Waals surface area contributed by atoms with E-state index in [2.05, 4.69) is 27.7 Å². The van der Waals surface area contributed by atoms with Crippen LogP contribution in [-0.2, 0) is 23.7 Å². The Labute approximate surface area is 164 Å². The molecule has 0 saturated carbocycles. The first-order valence-corrected chi connectivity index (χ1v) is 11.5. The van der Waals surface area contributed by atoms with Gasteiger partial charge in [0.2, 0.25) is 0 Å². The minimum Gasteiger partial charge on any atom is -0.367 e. The average Bonchev–Trinajstić information content (AvgIpc) is 3.44. The molecule has 0 radical (unpaired) electrons. The van der Waals surface area contributed by atoms with Gasteiger partial charge in [-0.2, -0.15) is 0 Å². The second kappa shape index (κ2) is 8.66. The lowest BCUT2D eigenvalue weighted by Crippen LogP contribution is -2.39. The molecular weight excluding hydrogens is 344 g/mol. The summed E-state index contributed by atoms with van der Waals surface area (Å²) in [5, 5.41) is 0. The van der Waals surface area contributed by atoms with Crippen molar-refractivity contribution in [2.75, 3.05) is 0 Å². The largest absolute Gasteiger partial charge is 0.367 e. The lowest BCUT2D eigenvalue weighted by atomic mass is 10.0. The average molecular weight is 383 g/mol. The number of rotatable bonds is 14. The Hall–Kier alpha value is -0.200. The molecule has 0 aliphatic carbocycles. The van der Waals surface area contributed by atoms with Gasteiger partial charge in [0.05, 0.1) is 24.4 Å². The van der Waals surface area contributed by atoms with Crippen molar-refractivity contribution >= 4 is 0 Å². The zero-order valence-electron chi connectivity index (χ0n) is 17.5. The molecule has 0 aromatic heterocycles. The fraction of sp³-hybridized carbons (Fsp3) is 1.00. The van der Waals surface area contributed by atoms with Crippen LogP contribution in [0.25, 0.3) is 0 Å². The van der Waals surface area contributed by atoms with Gasteiger partial charge in [-0.25, -0.2) is 0 Å². The summed E-state index contributed by atoms with van der Waals surface area (Å²) in [5.41, 5.74) is 0. The zero-order valence-corrected chi connectivity index (χ0v) is 17.5. The van der Waals surface area contributed by atoms with Crippen LogP contribution in [0.5, 0.6) is 0 Å². The SMILES string of the molecule is CCCC1OC1C(OC(C1OC1CCC)C1OC1CCC)C1OC1CCC. The van der Waals surface area contributed by atoms with Crippen LogP contribution in [0.2, 0.25) is 0 Å². The molecule has 156 valence electrons. The molecule has 4 rings (SSSR count). The molecule has 0 bridgehead atoms. The molecule has 27 heavy (non-hydrogen) atoms. The van der Waals surface area contributed by atoms with E-state index in [0.717, 1.165) is 51.4 Å². The van der Waals surface area contributed by atoms with Crippen LogP contribution in [0.15, 0.2) is 0 Å². The van der Waals surface area contributed by atoms with E-state index in [1.54, 1.807) is 0 Å². The Balaban J connectivity index is 1.40. The summed E-state index contributed by atoms with van der Waals surface area (Å²) in [5.74, 6) is 0. The van der Waals surface area contributed by atoms with Gasteiger partial charge in [-0.05, 0) is 25.7 Å². The molecule has 4 aliphatic heterocycles. The molecule has 0 aromatic carbocycles. The van der Waals surface area contributed by atoms with E-state index in [-0.39, 0.29) is 36.6 Å². The summed E-state index contributed by atoms with van der Waals surface area (Å²) in [4.78, 5) is 0. The van der Waals surface area contributed by atoms with E-state index >= 15 is 0 Å². The van der Waals surface area contributed by atoms with Gasteiger partial charge in [0, 0.05) is 0 Å². The fourth-order valence-electron chi connectivity index (χ4n) is 4.71. The second-order valence-electron chi connectivity index (χ2n) is 8.78. The van der Waals surface area contributed by atoms with Gasteiger partial charge in [0.1, 0.15) is 36.6 Å². The number of hydrogen-bond acceptors (Lipinski definition) is 5. The molecule has 0 aromatic rings.